The van der Waals surface area contributed by atoms with Gasteiger partial charge >= 0.3 is 0 Å². The van der Waals surface area contributed by atoms with Crippen molar-refractivity contribution in [1.29, 1.82) is 0 Å². The Kier molecular flexibility index (Phi) is 7.02. The number of hydrogen-bond acceptors (Lipinski definition) is 2. The van der Waals surface area contributed by atoms with Crippen LogP contribution in [0, 0.1) is 5.92 Å². The van der Waals surface area contributed by atoms with Crippen molar-refractivity contribution in [2.45, 2.75) is 12.8 Å². The van der Waals surface area contributed by atoms with Gasteiger partial charge in [-0.3, -0.25) is 4.90 Å². The fraction of sp³-hybridized carbons (Fsp3) is 0.467. The van der Waals surface area contributed by atoms with Crippen molar-refractivity contribution in [3.05, 3.63) is 42.0 Å². The lowest BCUT2D eigenvalue weighted by atomic mass is 9.97. The van der Waals surface area contributed by atoms with Gasteiger partial charge < -0.3 is 5.73 Å². The van der Waals surface area contributed by atoms with E-state index in [-0.39, 0.29) is 12.4 Å². The highest BCUT2D eigenvalue weighted by Gasteiger charge is 2.16. The van der Waals surface area contributed by atoms with Crippen LogP contribution in [0.15, 0.2) is 36.4 Å². The Labute approximate surface area is 116 Å². The summed E-state index contributed by atoms with van der Waals surface area (Å²) in [6, 6.07) is 10.5. The molecule has 2 N–H and O–H groups in total. The lowest BCUT2D eigenvalue weighted by molar-refractivity contribution is 0.204. The van der Waals surface area contributed by atoms with Gasteiger partial charge in [0.25, 0.3) is 0 Å². The Morgan fingerprint density at radius 3 is 2.44 bits per heavy atom. The number of likely N-dealkylation sites (tertiary alicyclic amines) is 1. The molecule has 0 atom stereocenters. The quantitative estimate of drug-likeness (QED) is 0.908. The molecule has 2 nitrogen and oxygen atoms in total. The molecule has 0 unspecified atom stereocenters. The summed E-state index contributed by atoms with van der Waals surface area (Å²) in [5, 5.41) is 0. The molecule has 1 heterocycles. The van der Waals surface area contributed by atoms with Crippen LogP contribution in [0.4, 0.5) is 0 Å². The Morgan fingerprint density at radius 2 is 1.83 bits per heavy atom. The van der Waals surface area contributed by atoms with Crippen LogP contribution in [-0.2, 0) is 0 Å². The van der Waals surface area contributed by atoms with E-state index in [1.165, 1.54) is 31.5 Å². The Morgan fingerprint density at radius 1 is 1.17 bits per heavy atom. The predicted octanol–water partition coefficient (Wildman–Crippen LogP) is 2.79. The Balaban J connectivity index is 0.00000162. The summed E-state index contributed by atoms with van der Waals surface area (Å²) >= 11 is 0. The van der Waals surface area contributed by atoms with E-state index in [0.29, 0.717) is 0 Å². The first-order chi connectivity index (χ1) is 8.38. The molecule has 0 aliphatic carbocycles. The van der Waals surface area contributed by atoms with Crippen LogP contribution in [0.1, 0.15) is 18.4 Å². The van der Waals surface area contributed by atoms with E-state index in [0.717, 1.165) is 19.0 Å². The van der Waals surface area contributed by atoms with Crippen LogP contribution in [-0.4, -0.2) is 31.1 Å². The van der Waals surface area contributed by atoms with Crippen molar-refractivity contribution < 1.29 is 0 Å². The van der Waals surface area contributed by atoms with Gasteiger partial charge in [0.1, 0.15) is 0 Å². The molecule has 100 valence electrons. The van der Waals surface area contributed by atoms with E-state index in [9.17, 15) is 0 Å². The first-order valence-electron chi connectivity index (χ1n) is 6.52. The average molecular weight is 267 g/mol. The Hall–Kier alpha value is -0.830. The van der Waals surface area contributed by atoms with Gasteiger partial charge in [-0.2, -0.15) is 0 Å². The lowest BCUT2D eigenvalue weighted by Gasteiger charge is -2.30. The number of benzene rings is 1. The van der Waals surface area contributed by atoms with Crippen LogP contribution >= 0.6 is 12.4 Å². The van der Waals surface area contributed by atoms with Crippen molar-refractivity contribution in [2.75, 3.05) is 26.2 Å². The smallest absolute Gasteiger partial charge is 0.0166 e. The summed E-state index contributed by atoms with van der Waals surface area (Å²) in [6.07, 6.45) is 6.98. The first kappa shape index (κ1) is 15.2. The maximum Gasteiger partial charge on any atom is 0.0166 e. The number of nitrogens with two attached hydrogens (primary N) is 1. The van der Waals surface area contributed by atoms with Crippen molar-refractivity contribution in [2.24, 2.45) is 11.7 Å². The van der Waals surface area contributed by atoms with Crippen molar-refractivity contribution in [3.8, 4) is 0 Å². The fourth-order valence-corrected chi connectivity index (χ4v) is 2.31. The van der Waals surface area contributed by atoms with Crippen LogP contribution in [0.5, 0.6) is 0 Å². The molecule has 1 aromatic carbocycles. The SMILES string of the molecule is Cl.NCC1CCN(CC=Cc2ccccc2)CC1. The molecule has 0 radical (unpaired) electrons. The lowest BCUT2D eigenvalue weighted by Crippen LogP contribution is -2.36. The fourth-order valence-electron chi connectivity index (χ4n) is 2.31. The van der Waals surface area contributed by atoms with Crippen LogP contribution in [0.25, 0.3) is 6.08 Å². The van der Waals surface area contributed by atoms with Crippen LogP contribution in [0.2, 0.25) is 0 Å². The van der Waals surface area contributed by atoms with Gasteiger partial charge in [-0.05, 0) is 44.0 Å². The number of hydrogen-bond donors (Lipinski definition) is 1. The molecule has 0 amide bonds. The van der Waals surface area contributed by atoms with Gasteiger partial charge in [0.15, 0.2) is 0 Å². The molecule has 0 bridgehead atoms. The number of halogens is 1. The molecular weight excluding hydrogens is 244 g/mol. The standard InChI is InChI=1S/C15H22N2.ClH/c16-13-15-8-11-17(12-9-15)10-4-7-14-5-2-1-3-6-14;/h1-7,15H,8-13,16H2;1H. The zero-order valence-electron chi connectivity index (χ0n) is 10.8. The molecule has 1 saturated heterocycles. The highest BCUT2D eigenvalue weighted by molar-refractivity contribution is 5.85. The molecule has 3 heteroatoms. The summed E-state index contributed by atoms with van der Waals surface area (Å²) in [6.45, 7) is 4.31. The highest BCUT2D eigenvalue weighted by atomic mass is 35.5. The zero-order chi connectivity index (χ0) is 11.9. The topological polar surface area (TPSA) is 29.3 Å². The minimum absolute atomic E-state index is 0. The summed E-state index contributed by atoms with van der Waals surface area (Å²) in [5.74, 6) is 0.754. The summed E-state index contributed by atoms with van der Waals surface area (Å²) in [5.41, 5.74) is 6.97. The molecule has 0 aromatic heterocycles. The van der Waals surface area contributed by atoms with Crippen LogP contribution in [0.3, 0.4) is 0 Å². The summed E-state index contributed by atoms with van der Waals surface area (Å²) in [4.78, 5) is 2.51. The second kappa shape index (κ2) is 8.30. The van der Waals surface area contributed by atoms with Gasteiger partial charge in [-0.25, -0.2) is 0 Å². The minimum Gasteiger partial charge on any atom is -0.330 e. The molecule has 2 rings (SSSR count). The van der Waals surface area contributed by atoms with Gasteiger partial charge in [0.2, 0.25) is 0 Å². The third kappa shape index (κ3) is 4.81. The average Bonchev–Trinajstić information content (AvgIpc) is 2.41. The van der Waals surface area contributed by atoms with Crippen molar-refractivity contribution in [3.63, 3.8) is 0 Å². The van der Waals surface area contributed by atoms with Crippen LogP contribution < -0.4 is 5.73 Å². The second-order valence-electron chi connectivity index (χ2n) is 4.79. The zero-order valence-corrected chi connectivity index (χ0v) is 11.6. The number of rotatable bonds is 4. The van der Waals surface area contributed by atoms with E-state index in [1.807, 2.05) is 0 Å². The third-order valence-electron chi connectivity index (χ3n) is 3.51. The summed E-state index contributed by atoms with van der Waals surface area (Å²) < 4.78 is 0. The molecule has 1 aliphatic heterocycles. The largest absolute Gasteiger partial charge is 0.330 e. The van der Waals surface area contributed by atoms with E-state index in [2.05, 4.69) is 47.4 Å². The normalized spacial score (nSPS) is 17.8. The molecular formula is C15H23ClN2. The molecule has 1 aliphatic rings. The first-order valence-corrected chi connectivity index (χ1v) is 6.52. The van der Waals surface area contributed by atoms with E-state index in [4.69, 9.17) is 5.73 Å². The molecule has 1 aromatic rings. The van der Waals surface area contributed by atoms with Crippen molar-refractivity contribution in [1.82, 2.24) is 4.90 Å². The molecule has 18 heavy (non-hydrogen) atoms. The monoisotopic (exact) mass is 266 g/mol. The second-order valence-corrected chi connectivity index (χ2v) is 4.79. The number of piperidine rings is 1. The van der Waals surface area contributed by atoms with Gasteiger partial charge in [0.05, 0.1) is 0 Å². The Bertz CT molecular complexity index is 343. The van der Waals surface area contributed by atoms with Gasteiger partial charge in [-0.15, -0.1) is 12.4 Å². The maximum atomic E-state index is 5.69. The van der Waals surface area contributed by atoms with E-state index < -0.39 is 0 Å². The molecule has 1 fully saturated rings. The molecule has 0 spiro atoms. The maximum absolute atomic E-state index is 5.69. The third-order valence-corrected chi connectivity index (χ3v) is 3.51. The van der Waals surface area contributed by atoms with Gasteiger partial charge in [-0.1, -0.05) is 42.5 Å². The minimum atomic E-state index is 0. The summed E-state index contributed by atoms with van der Waals surface area (Å²) in [7, 11) is 0. The number of nitrogens with zero attached hydrogens (tertiary/aromatic N) is 1. The predicted molar refractivity (Wildman–Crippen MR) is 80.9 cm³/mol. The van der Waals surface area contributed by atoms with E-state index in [1.54, 1.807) is 0 Å². The van der Waals surface area contributed by atoms with Crippen molar-refractivity contribution >= 4 is 18.5 Å². The highest BCUT2D eigenvalue weighted by Crippen LogP contribution is 2.15. The molecule has 0 saturated carbocycles. The van der Waals surface area contributed by atoms with E-state index >= 15 is 0 Å². The van der Waals surface area contributed by atoms with Gasteiger partial charge in [0, 0.05) is 6.54 Å².